The zero-order valence-corrected chi connectivity index (χ0v) is 11.7. The maximum Gasteiger partial charge on any atom is 0.303 e. The molecule has 1 aliphatic heterocycles. The molecule has 21 heavy (non-hydrogen) atoms. The van der Waals surface area contributed by atoms with Gasteiger partial charge in [-0.3, -0.25) is 9.59 Å². The fraction of sp³-hybridized carbons (Fsp3) is 0.833. The molecule has 0 bridgehead atoms. The lowest BCUT2D eigenvalue weighted by Crippen LogP contribution is -2.62. The van der Waals surface area contributed by atoms with E-state index in [9.17, 15) is 19.8 Å². The molecular formula is C12H21NO8. The monoisotopic (exact) mass is 307 g/mol. The minimum absolute atomic E-state index is 0.0655. The molecule has 5 unspecified atom stereocenters. The first-order valence-corrected chi connectivity index (χ1v) is 6.57. The molecular weight excluding hydrogens is 286 g/mol. The molecule has 1 aliphatic rings. The van der Waals surface area contributed by atoms with Gasteiger partial charge in [-0.1, -0.05) is 0 Å². The number of hydrogen-bond acceptors (Lipinski definition) is 8. The van der Waals surface area contributed by atoms with Crippen molar-refractivity contribution in [3.05, 3.63) is 0 Å². The molecule has 0 aromatic carbocycles. The van der Waals surface area contributed by atoms with E-state index in [0.29, 0.717) is 0 Å². The first kappa shape index (κ1) is 17.8. The summed E-state index contributed by atoms with van der Waals surface area (Å²) >= 11 is 0. The van der Waals surface area contributed by atoms with E-state index in [2.05, 4.69) is 0 Å². The fourth-order valence-corrected chi connectivity index (χ4v) is 1.86. The summed E-state index contributed by atoms with van der Waals surface area (Å²) in [6, 6.07) is -0.988. The van der Waals surface area contributed by atoms with Crippen molar-refractivity contribution < 1.29 is 39.1 Å². The summed E-state index contributed by atoms with van der Waals surface area (Å²) in [5.74, 6) is -1.50. The highest BCUT2D eigenvalue weighted by atomic mass is 16.7. The van der Waals surface area contributed by atoms with Gasteiger partial charge in [0.2, 0.25) is 0 Å². The Labute approximate surface area is 121 Å². The Morgan fingerprint density at radius 2 is 1.95 bits per heavy atom. The van der Waals surface area contributed by atoms with E-state index in [0.717, 1.165) is 0 Å². The van der Waals surface area contributed by atoms with Gasteiger partial charge in [-0.2, -0.15) is 0 Å². The van der Waals surface area contributed by atoms with E-state index in [1.165, 1.54) is 6.92 Å². The maximum absolute atomic E-state index is 10.8. The molecule has 5 atom stereocenters. The van der Waals surface area contributed by atoms with Crippen LogP contribution in [0, 0.1) is 0 Å². The second-order valence-electron chi connectivity index (χ2n) is 4.77. The first-order valence-electron chi connectivity index (χ1n) is 6.57. The zero-order chi connectivity index (χ0) is 16.0. The lowest BCUT2D eigenvalue weighted by molar-refractivity contribution is -0.267. The Morgan fingerprint density at radius 3 is 2.52 bits per heavy atom. The molecule has 0 aliphatic carbocycles. The molecule has 1 heterocycles. The molecule has 1 fully saturated rings. The van der Waals surface area contributed by atoms with E-state index in [1.54, 1.807) is 0 Å². The van der Waals surface area contributed by atoms with Gasteiger partial charge in [0.1, 0.15) is 24.9 Å². The molecule has 1 rings (SSSR count). The molecule has 1 saturated heterocycles. The minimum Gasteiger partial charge on any atom is -0.481 e. The van der Waals surface area contributed by atoms with Gasteiger partial charge in [-0.15, -0.1) is 0 Å². The zero-order valence-electron chi connectivity index (χ0n) is 11.7. The van der Waals surface area contributed by atoms with Crippen molar-refractivity contribution in [2.45, 2.75) is 50.4 Å². The van der Waals surface area contributed by atoms with Gasteiger partial charge in [0.25, 0.3) is 0 Å². The number of aliphatic hydroxyl groups excluding tert-OH is 2. The molecule has 5 N–H and O–H groups in total. The standard InChI is InChI=1S/C12H21NO8/c1-6(14)20-5-7-10(17)11(18)9(13)12(21-7)19-4-2-3-8(15)16/h7,9-12,17-18H,2-5,13H2,1H3,(H,15,16). The van der Waals surface area contributed by atoms with E-state index in [4.69, 9.17) is 25.1 Å². The molecule has 0 radical (unpaired) electrons. The Kier molecular flexibility index (Phi) is 6.99. The van der Waals surface area contributed by atoms with Crippen LogP contribution in [0.2, 0.25) is 0 Å². The second kappa shape index (κ2) is 8.25. The Morgan fingerprint density at radius 1 is 1.29 bits per heavy atom. The summed E-state index contributed by atoms with van der Waals surface area (Å²) in [6.45, 7) is 1.04. The average molecular weight is 307 g/mol. The Balaban J connectivity index is 2.49. The molecule has 0 amide bonds. The number of carbonyl (C=O) groups is 2. The summed E-state index contributed by atoms with van der Waals surface area (Å²) in [7, 11) is 0. The van der Waals surface area contributed by atoms with Crippen molar-refractivity contribution in [2.24, 2.45) is 5.73 Å². The summed E-state index contributed by atoms with van der Waals surface area (Å²) in [5.41, 5.74) is 5.69. The van der Waals surface area contributed by atoms with E-state index in [-0.39, 0.29) is 26.1 Å². The Hall–Kier alpha value is -1.26. The number of aliphatic carboxylic acids is 1. The maximum atomic E-state index is 10.8. The van der Waals surface area contributed by atoms with Crippen LogP contribution in [0.3, 0.4) is 0 Å². The summed E-state index contributed by atoms with van der Waals surface area (Å²) in [5, 5.41) is 28.1. The number of rotatable bonds is 7. The predicted molar refractivity (Wildman–Crippen MR) is 68.1 cm³/mol. The molecule has 0 aromatic rings. The van der Waals surface area contributed by atoms with Crippen molar-refractivity contribution in [3.63, 3.8) is 0 Å². The topological polar surface area (TPSA) is 149 Å². The van der Waals surface area contributed by atoms with Gasteiger partial charge in [0, 0.05) is 13.3 Å². The quantitative estimate of drug-likeness (QED) is 0.316. The van der Waals surface area contributed by atoms with Crippen molar-refractivity contribution in [1.82, 2.24) is 0 Å². The van der Waals surface area contributed by atoms with Crippen molar-refractivity contribution in [2.75, 3.05) is 13.2 Å². The highest BCUT2D eigenvalue weighted by Crippen LogP contribution is 2.21. The van der Waals surface area contributed by atoms with Gasteiger partial charge in [-0.25, -0.2) is 0 Å². The molecule has 9 nitrogen and oxygen atoms in total. The molecule has 0 saturated carbocycles. The number of carboxylic acid groups (broad SMARTS) is 1. The Bertz CT molecular complexity index is 363. The summed E-state index contributed by atoms with van der Waals surface area (Å²) in [6.07, 6.45) is -4.40. The average Bonchev–Trinajstić information content (AvgIpc) is 2.41. The fourth-order valence-electron chi connectivity index (χ4n) is 1.86. The third-order valence-electron chi connectivity index (χ3n) is 3.02. The highest BCUT2D eigenvalue weighted by Gasteiger charge is 2.43. The van der Waals surface area contributed by atoms with Crippen LogP contribution in [0.5, 0.6) is 0 Å². The normalized spacial score (nSPS) is 32.7. The van der Waals surface area contributed by atoms with Crippen LogP contribution >= 0.6 is 0 Å². The number of nitrogens with two attached hydrogens (primary N) is 1. The van der Waals surface area contributed by atoms with Gasteiger partial charge in [0.05, 0.1) is 12.6 Å². The van der Waals surface area contributed by atoms with Gasteiger partial charge in [0.15, 0.2) is 6.29 Å². The third kappa shape index (κ3) is 5.56. The number of hydrogen-bond donors (Lipinski definition) is 4. The van der Waals surface area contributed by atoms with Crippen LogP contribution < -0.4 is 5.73 Å². The van der Waals surface area contributed by atoms with Crippen LogP contribution in [0.25, 0.3) is 0 Å². The summed E-state index contributed by atoms with van der Waals surface area (Å²) < 4.78 is 15.4. The van der Waals surface area contributed by atoms with E-state index >= 15 is 0 Å². The van der Waals surface area contributed by atoms with Gasteiger partial charge < -0.3 is 35.3 Å². The van der Waals surface area contributed by atoms with Crippen molar-refractivity contribution in [3.8, 4) is 0 Å². The van der Waals surface area contributed by atoms with Crippen LogP contribution in [-0.4, -0.2) is 71.1 Å². The van der Waals surface area contributed by atoms with Crippen molar-refractivity contribution in [1.29, 1.82) is 0 Å². The SMILES string of the molecule is CC(=O)OCC1OC(OCCCC(=O)O)C(N)C(O)C1O. The smallest absolute Gasteiger partial charge is 0.303 e. The highest BCUT2D eigenvalue weighted by molar-refractivity contribution is 5.66. The van der Waals surface area contributed by atoms with Gasteiger partial charge in [-0.05, 0) is 6.42 Å². The van der Waals surface area contributed by atoms with Gasteiger partial charge >= 0.3 is 11.9 Å². The molecule has 0 spiro atoms. The van der Waals surface area contributed by atoms with E-state index < -0.39 is 42.6 Å². The minimum atomic E-state index is -1.31. The number of carbonyl (C=O) groups excluding carboxylic acids is 1. The second-order valence-corrected chi connectivity index (χ2v) is 4.77. The van der Waals surface area contributed by atoms with Crippen LogP contribution in [0.15, 0.2) is 0 Å². The van der Waals surface area contributed by atoms with Crippen molar-refractivity contribution >= 4 is 11.9 Å². The third-order valence-corrected chi connectivity index (χ3v) is 3.02. The number of ether oxygens (including phenoxy) is 3. The number of carboxylic acids is 1. The molecule has 9 heteroatoms. The van der Waals surface area contributed by atoms with Crippen LogP contribution in [0.1, 0.15) is 19.8 Å². The first-order chi connectivity index (χ1) is 9.82. The summed E-state index contributed by atoms with van der Waals surface area (Å²) in [4.78, 5) is 21.1. The van der Waals surface area contributed by atoms with E-state index in [1.807, 2.05) is 0 Å². The lowest BCUT2D eigenvalue weighted by Gasteiger charge is -2.40. The molecule has 0 aromatic heterocycles. The lowest BCUT2D eigenvalue weighted by atomic mass is 9.98. The number of aliphatic hydroxyl groups is 2. The number of esters is 1. The van der Waals surface area contributed by atoms with Crippen LogP contribution in [0.4, 0.5) is 0 Å². The van der Waals surface area contributed by atoms with Crippen LogP contribution in [-0.2, 0) is 23.8 Å². The largest absolute Gasteiger partial charge is 0.481 e. The molecule has 122 valence electrons. The predicted octanol–water partition coefficient (Wildman–Crippen LogP) is -1.80.